The fourth-order valence-electron chi connectivity index (χ4n) is 2.91. The summed E-state index contributed by atoms with van der Waals surface area (Å²) in [4.78, 5) is 24.3. The fraction of sp³-hybridized carbons (Fsp3) is 0.167. The number of urea groups is 1. The smallest absolute Gasteiger partial charge is 0.315 e. The molecule has 154 valence electrons. The fourth-order valence-corrected chi connectivity index (χ4v) is 2.91. The minimum absolute atomic E-state index is 0.119. The molecule has 0 aliphatic heterocycles. The molecule has 6 heteroatoms. The lowest BCUT2D eigenvalue weighted by molar-refractivity contribution is -0.115. The summed E-state index contributed by atoms with van der Waals surface area (Å²) in [6, 6.07) is 24.1. The van der Waals surface area contributed by atoms with Gasteiger partial charge >= 0.3 is 6.03 Å². The van der Waals surface area contributed by atoms with Crippen molar-refractivity contribution in [3.63, 3.8) is 0 Å². The van der Waals surface area contributed by atoms with Gasteiger partial charge in [-0.25, -0.2) is 4.79 Å². The lowest BCUT2D eigenvalue weighted by Gasteiger charge is -2.13. The van der Waals surface area contributed by atoms with Crippen molar-refractivity contribution in [2.45, 2.75) is 19.9 Å². The Morgan fingerprint density at radius 1 is 0.800 bits per heavy atom. The molecule has 0 fully saturated rings. The molecule has 3 aromatic carbocycles. The van der Waals surface area contributed by atoms with Crippen molar-refractivity contribution in [3.8, 4) is 11.5 Å². The van der Waals surface area contributed by atoms with Gasteiger partial charge in [-0.1, -0.05) is 61.5 Å². The van der Waals surface area contributed by atoms with Crippen LogP contribution in [0, 0.1) is 0 Å². The third-order valence-corrected chi connectivity index (χ3v) is 4.46. The minimum atomic E-state index is -0.427. The number of ether oxygens (including phenoxy) is 1. The average molecular weight is 403 g/mol. The van der Waals surface area contributed by atoms with E-state index in [1.165, 1.54) is 0 Å². The number of carbonyl (C=O) groups excluding carboxylic acids is 2. The predicted molar refractivity (Wildman–Crippen MR) is 118 cm³/mol. The number of rotatable bonds is 8. The van der Waals surface area contributed by atoms with Gasteiger partial charge in [-0.2, -0.15) is 0 Å². The van der Waals surface area contributed by atoms with Gasteiger partial charge in [-0.3, -0.25) is 4.79 Å². The molecule has 0 saturated heterocycles. The first kappa shape index (κ1) is 20.9. The number of amides is 3. The number of anilines is 1. The van der Waals surface area contributed by atoms with Gasteiger partial charge in [0.2, 0.25) is 5.91 Å². The van der Waals surface area contributed by atoms with E-state index in [-0.39, 0.29) is 19.0 Å². The zero-order valence-corrected chi connectivity index (χ0v) is 16.9. The normalized spacial score (nSPS) is 10.2. The second-order valence-corrected chi connectivity index (χ2v) is 6.62. The maximum Gasteiger partial charge on any atom is 0.315 e. The minimum Gasteiger partial charge on any atom is -0.457 e. The topological polar surface area (TPSA) is 79.5 Å². The first-order chi connectivity index (χ1) is 14.7. The lowest BCUT2D eigenvalue weighted by Crippen LogP contribution is -2.39. The summed E-state index contributed by atoms with van der Waals surface area (Å²) in [6.07, 6.45) is 0.814. The van der Waals surface area contributed by atoms with E-state index < -0.39 is 6.03 Å². The van der Waals surface area contributed by atoms with Crippen LogP contribution in [-0.4, -0.2) is 18.5 Å². The van der Waals surface area contributed by atoms with Crippen LogP contribution in [0.5, 0.6) is 11.5 Å². The van der Waals surface area contributed by atoms with Crippen molar-refractivity contribution in [1.82, 2.24) is 10.6 Å². The molecule has 0 heterocycles. The summed E-state index contributed by atoms with van der Waals surface area (Å²) in [5, 5.41) is 8.16. The predicted octanol–water partition coefficient (Wildman–Crippen LogP) is 4.48. The summed E-state index contributed by atoms with van der Waals surface area (Å²) in [7, 11) is 0. The van der Waals surface area contributed by atoms with Crippen molar-refractivity contribution in [3.05, 3.63) is 90.0 Å². The van der Waals surface area contributed by atoms with Crippen LogP contribution in [-0.2, 0) is 17.8 Å². The van der Waals surface area contributed by atoms with Crippen LogP contribution in [0.2, 0.25) is 0 Å². The van der Waals surface area contributed by atoms with Crippen LogP contribution in [0.4, 0.5) is 10.5 Å². The molecule has 30 heavy (non-hydrogen) atoms. The molecule has 3 amide bonds. The van der Waals surface area contributed by atoms with Gasteiger partial charge in [0.25, 0.3) is 0 Å². The second kappa shape index (κ2) is 10.7. The number of aryl methyl sites for hydroxylation is 1. The van der Waals surface area contributed by atoms with E-state index in [4.69, 9.17) is 4.74 Å². The maximum atomic E-state index is 12.1. The van der Waals surface area contributed by atoms with Crippen molar-refractivity contribution < 1.29 is 14.3 Å². The number of nitrogens with one attached hydrogen (secondary N) is 3. The largest absolute Gasteiger partial charge is 0.457 e. The van der Waals surface area contributed by atoms with Crippen LogP contribution < -0.4 is 20.7 Å². The van der Waals surface area contributed by atoms with Crippen molar-refractivity contribution in [2.24, 2.45) is 0 Å². The zero-order chi connectivity index (χ0) is 21.2. The monoisotopic (exact) mass is 403 g/mol. The highest BCUT2D eigenvalue weighted by Gasteiger charge is 2.09. The molecule has 3 rings (SSSR count). The van der Waals surface area contributed by atoms with Crippen LogP contribution in [0.3, 0.4) is 0 Å². The standard InChI is InChI=1S/C24H25N3O3/c1-2-18-10-6-8-14-21(18)27-23(28)17-26-24(29)25-16-19-11-7-9-15-22(19)30-20-12-4-3-5-13-20/h3-15H,2,16-17H2,1H3,(H,27,28)(H2,25,26,29). The van der Waals surface area contributed by atoms with Crippen LogP contribution >= 0.6 is 0 Å². The number of benzene rings is 3. The van der Waals surface area contributed by atoms with Gasteiger partial charge in [0.15, 0.2) is 0 Å². The molecular formula is C24H25N3O3. The Hall–Kier alpha value is -3.80. The highest BCUT2D eigenvalue weighted by atomic mass is 16.5. The summed E-state index contributed by atoms with van der Waals surface area (Å²) in [6.45, 7) is 2.18. The second-order valence-electron chi connectivity index (χ2n) is 6.62. The van der Waals surface area contributed by atoms with Gasteiger partial charge in [-0.05, 0) is 36.2 Å². The van der Waals surface area contributed by atoms with E-state index in [1.807, 2.05) is 85.8 Å². The molecule has 3 N–H and O–H groups in total. The van der Waals surface area contributed by atoms with E-state index in [9.17, 15) is 9.59 Å². The summed E-state index contributed by atoms with van der Waals surface area (Å²) >= 11 is 0. The molecule has 0 atom stereocenters. The average Bonchev–Trinajstić information content (AvgIpc) is 2.78. The highest BCUT2D eigenvalue weighted by Crippen LogP contribution is 2.24. The molecule has 0 aliphatic rings. The molecule has 0 aromatic heterocycles. The van der Waals surface area contributed by atoms with E-state index >= 15 is 0 Å². The summed E-state index contributed by atoms with van der Waals surface area (Å²) < 4.78 is 5.89. The molecule has 6 nitrogen and oxygen atoms in total. The molecular weight excluding hydrogens is 378 g/mol. The number of carbonyl (C=O) groups is 2. The van der Waals surface area contributed by atoms with E-state index in [2.05, 4.69) is 16.0 Å². The molecule has 0 aliphatic carbocycles. The van der Waals surface area contributed by atoms with Crippen molar-refractivity contribution in [1.29, 1.82) is 0 Å². The van der Waals surface area contributed by atoms with E-state index in [1.54, 1.807) is 0 Å². The Balaban J connectivity index is 1.48. The third-order valence-electron chi connectivity index (χ3n) is 4.46. The van der Waals surface area contributed by atoms with Gasteiger partial charge in [0, 0.05) is 17.8 Å². The molecule has 3 aromatic rings. The zero-order valence-electron chi connectivity index (χ0n) is 16.9. The molecule has 0 saturated carbocycles. The van der Waals surface area contributed by atoms with E-state index in [0.717, 1.165) is 29.0 Å². The van der Waals surface area contributed by atoms with Crippen molar-refractivity contribution in [2.75, 3.05) is 11.9 Å². The first-order valence-electron chi connectivity index (χ1n) is 9.86. The Labute approximate surface area is 176 Å². The summed E-state index contributed by atoms with van der Waals surface area (Å²) in [5.74, 6) is 1.11. The number of para-hydroxylation sites is 3. The Kier molecular flexibility index (Phi) is 7.44. The van der Waals surface area contributed by atoms with Crippen LogP contribution in [0.1, 0.15) is 18.1 Å². The quantitative estimate of drug-likeness (QED) is 0.519. The third kappa shape index (κ3) is 6.10. The molecule has 0 radical (unpaired) electrons. The first-order valence-corrected chi connectivity index (χ1v) is 9.86. The van der Waals surface area contributed by atoms with Gasteiger partial charge in [0.1, 0.15) is 11.5 Å². The van der Waals surface area contributed by atoms with Crippen LogP contribution in [0.15, 0.2) is 78.9 Å². The Morgan fingerprint density at radius 2 is 1.47 bits per heavy atom. The highest BCUT2D eigenvalue weighted by molar-refractivity contribution is 5.94. The Morgan fingerprint density at radius 3 is 2.23 bits per heavy atom. The van der Waals surface area contributed by atoms with Crippen LogP contribution in [0.25, 0.3) is 0 Å². The molecule has 0 unspecified atom stereocenters. The lowest BCUT2D eigenvalue weighted by atomic mass is 10.1. The van der Waals surface area contributed by atoms with E-state index in [0.29, 0.717) is 5.75 Å². The number of hydrogen-bond donors (Lipinski definition) is 3. The SMILES string of the molecule is CCc1ccccc1NC(=O)CNC(=O)NCc1ccccc1Oc1ccccc1. The molecule has 0 spiro atoms. The van der Waals surface area contributed by atoms with Gasteiger partial charge in [-0.15, -0.1) is 0 Å². The summed E-state index contributed by atoms with van der Waals surface area (Å²) in [5.41, 5.74) is 2.64. The Bertz CT molecular complexity index is 990. The maximum absolute atomic E-state index is 12.1. The van der Waals surface area contributed by atoms with Gasteiger partial charge < -0.3 is 20.7 Å². The number of hydrogen-bond acceptors (Lipinski definition) is 3. The van der Waals surface area contributed by atoms with Crippen molar-refractivity contribution >= 4 is 17.6 Å². The molecule has 0 bridgehead atoms. The van der Waals surface area contributed by atoms with Gasteiger partial charge in [0.05, 0.1) is 6.54 Å².